The molecule has 104 valence electrons. The topological polar surface area (TPSA) is 55.1 Å². The highest BCUT2D eigenvalue weighted by Gasteiger charge is 2.14. The van der Waals surface area contributed by atoms with Crippen molar-refractivity contribution in [3.05, 3.63) is 23.8 Å². The van der Waals surface area contributed by atoms with Gasteiger partial charge in [0.25, 0.3) is 0 Å². The van der Waals surface area contributed by atoms with E-state index < -0.39 is 0 Å². The van der Waals surface area contributed by atoms with Crippen LogP contribution >= 0.6 is 0 Å². The number of nitrogen functional groups attached to an aromatic ring is 1. The fraction of sp³-hybridized carbons (Fsp3) is 0.562. The van der Waals surface area contributed by atoms with Crippen LogP contribution in [-0.4, -0.2) is 5.91 Å². The number of aryl methyl sites for hydroxylation is 1. The normalized spacial score (nSPS) is 16.3. The first kappa shape index (κ1) is 13.9. The van der Waals surface area contributed by atoms with Gasteiger partial charge in [-0.1, -0.05) is 32.1 Å². The maximum Gasteiger partial charge on any atom is 0.224 e. The molecule has 1 fully saturated rings. The van der Waals surface area contributed by atoms with Gasteiger partial charge in [0.2, 0.25) is 5.91 Å². The van der Waals surface area contributed by atoms with Crippen molar-refractivity contribution in [1.82, 2.24) is 0 Å². The monoisotopic (exact) mass is 260 g/mol. The molecule has 1 amide bonds. The molecule has 1 aromatic rings. The minimum Gasteiger partial charge on any atom is -0.399 e. The first-order valence-electron chi connectivity index (χ1n) is 7.31. The van der Waals surface area contributed by atoms with Gasteiger partial charge in [-0.15, -0.1) is 0 Å². The zero-order valence-electron chi connectivity index (χ0n) is 11.7. The second-order valence-corrected chi connectivity index (χ2v) is 5.66. The van der Waals surface area contributed by atoms with Gasteiger partial charge in [-0.25, -0.2) is 0 Å². The van der Waals surface area contributed by atoms with Gasteiger partial charge >= 0.3 is 0 Å². The molecule has 1 saturated carbocycles. The fourth-order valence-electron chi connectivity index (χ4n) is 2.79. The zero-order valence-corrected chi connectivity index (χ0v) is 11.7. The summed E-state index contributed by atoms with van der Waals surface area (Å²) in [5.74, 6) is 0.877. The Bertz CT molecular complexity index is 436. The van der Waals surface area contributed by atoms with E-state index in [1.165, 1.54) is 32.1 Å². The van der Waals surface area contributed by atoms with Crippen LogP contribution < -0.4 is 11.1 Å². The average Bonchev–Trinajstić information content (AvgIpc) is 2.42. The van der Waals surface area contributed by atoms with Gasteiger partial charge in [0.05, 0.1) is 0 Å². The first-order chi connectivity index (χ1) is 9.15. The highest BCUT2D eigenvalue weighted by molar-refractivity contribution is 5.91. The van der Waals surface area contributed by atoms with E-state index in [1.807, 2.05) is 25.1 Å². The van der Waals surface area contributed by atoms with Crippen LogP contribution in [0.4, 0.5) is 11.4 Å². The Morgan fingerprint density at radius 2 is 2.05 bits per heavy atom. The largest absolute Gasteiger partial charge is 0.399 e. The average molecular weight is 260 g/mol. The van der Waals surface area contributed by atoms with Crippen LogP contribution in [0.15, 0.2) is 18.2 Å². The zero-order chi connectivity index (χ0) is 13.7. The number of carbonyl (C=O) groups excluding carboxylic acids is 1. The van der Waals surface area contributed by atoms with Crippen LogP contribution in [0.25, 0.3) is 0 Å². The molecule has 1 aliphatic rings. The number of rotatable bonds is 4. The second kappa shape index (κ2) is 6.60. The molecule has 0 atom stereocenters. The molecule has 1 aromatic carbocycles. The third kappa shape index (κ3) is 4.27. The van der Waals surface area contributed by atoms with Crippen molar-refractivity contribution >= 4 is 17.3 Å². The standard InChI is InChI=1S/C16H24N2O/c1-12-11-14(8-9-15(12)17)18-16(19)10-7-13-5-3-2-4-6-13/h8-9,11,13H,2-7,10,17H2,1H3,(H,18,19). The van der Waals surface area contributed by atoms with Crippen LogP contribution in [0.3, 0.4) is 0 Å². The summed E-state index contributed by atoms with van der Waals surface area (Å²) in [7, 11) is 0. The molecule has 0 spiro atoms. The molecule has 0 bridgehead atoms. The minimum atomic E-state index is 0.120. The molecule has 3 nitrogen and oxygen atoms in total. The summed E-state index contributed by atoms with van der Waals surface area (Å²) < 4.78 is 0. The summed E-state index contributed by atoms with van der Waals surface area (Å²) in [5, 5.41) is 2.96. The molecule has 2 rings (SSSR count). The molecule has 19 heavy (non-hydrogen) atoms. The summed E-state index contributed by atoms with van der Waals surface area (Å²) in [6.45, 7) is 1.95. The smallest absolute Gasteiger partial charge is 0.224 e. The van der Waals surface area contributed by atoms with E-state index in [-0.39, 0.29) is 5.91 Å². The van der Waals surface area contributed by atoms with Gasteiger partial charge in [0.15, 0.2) is 0 Å². The number of nitrogens with one attached hydrogen (secondary N) is 1. The van der Waals surface area contributed by atoms with Crippen LogP contribution in [0, 0.1) is 12.8 Å². The lowest BCUT2D eigenvalue weighted by Gasteiger charge is -2.21. The van der Waals surface area contributed by atoms with E-state index in [0.717, 1.165) is 29.3 Å². The van der Waals surface area contributed by atoms with Crippen LogP contribution in [0.2, 0.25) is 0 Å². The van der Waals surface area contributed by atoms with Crippen molar-refractivity contribution < 1.29 is 4.79 Å². The Morgan fingerprint density at radius 1 is 1.32 bits per heavy atom. The predicted molar refractivity (Wildman–Crippen MR) is 80.0 cm³/mol. The third-order valence-corrected chi connectivity index (χ3v) is 4.06. The third-order valence-electron chi connectivity index (χ3n) is 4.06. The van der Waals surface area contributed by atoms with Crippen LogP contribution in [0.5, 0.6) is 0 Å². The second-order valence-electron chi connectivity index (χ2n) is 5.66. The molecule has 0 aliphatic heterocycles. The number of benzene rings is 1. The van der Waals surface area contributed by atoms with Gasteiger partial charge < -0.3 is 11.1 Å². The van der Waals surface area contributed by atoms with Gasteiger partial charge in [-0.05, 0) is 43.0 Å². The first-order valence-corrected chi connectivity index (χ1v) is 7.31. The molecule has 1 aliphatic carbocycles. The number of anilines is 2. The lowest BCUT2D eigenvalue weighted by atomic mass is 9.86. The Balaban J connectivity index is 1.78. The maximum absolute atomic E-state index is 11.9. The van der Waals surface area contributed by atoms with Crippen molar-refractivity contribution in [2.24, 2.45) is 5.92 Å². The highest BCUT2D eigenvalue weighted by atomic mass is 16.1. The van der Waals surface area contributed by atoms with E-state index in [9.17, 15) is 4.79 Å². The molecule has 0 heterocycles. The highest BCUT2D eigenvalue weighted by Crippen LogP contribution is 2.27. The van der Waals surface area contributed by atoms with Gasteiger partial charge in [-0.3, -0.25) is 4.79 Å². The number of hydrogen-bond acceptors (Lipinski definition) is 2. The molecule has 3 heteroatoms. The van der Waals surface area contributed by atoms with Gasteiger partial charge in [0, 0.05) is 17.8 Å². The Hall–Kier alpha value is -1.51. The molecule has 0 aromatic heterocycles. The maximum atomic E-state index is 11.9. The molecule has 0 unspecified atom stereocenters. The van der Waals surface area contributed by atoms with Crippen molar-refractivity contribution in [3.63, 3.8) is 0 Å². The van der Waals surface area contributed by atoms with E-state index in [0.29, 0.717) is 6.42 Å². The van der Waals surface area contributed by atoms with E-state index in [1.54, 1.807) is 0 Å². The molecule has 0 saturated heterocycles. The summed E-state index contributed by atoms with van der Waals surface area (Å²) >= 11 is 0. The van der Waals surface area contributed by atoms with Gasteiger partial charge in [-0.2, -0.15) is 0 Å². The number of carbonyl (C=O) groups is 1. The van der Waals surface area contributed by atoms with E-state index in [4.69, 9.17) is 5.73 Å². The van der Waals surface area contributed by atoms with Crippen molar-refractivity contribution in [3.8, 4) is 0 Å². The Kier molecular flexibility index (Phi) is 4.83. The summed E-state index contributed by atoms with van der Waals surface area (Å²) in [5.41, 5.74) is 8.38. The van der Waals surface area contributed by atoms with Crippen molar-refractivity contribution in [2.45, 2.75) is 51.9 Å². The summed E-state index contributed by atoms with van der Waals surface area (Å²) in [4.78, 5) is 11.9. The van der Waals surface area contributed by atoms with Crippen LogP contribution in [-0.2, 0) is 4.79 Å². The minimum absolute atomic E-state index is 0.120. The predicted octanol–water partition coefficient (Wildman–Crippen LogP) is 3.88. The Labute approximate surface area is 115 Å². The van der Waals surface area contributed by atoms with Crippen molar-refractivity contribution in [1.29, 1.82) is 0 Å². The summed E-state index contributed by atoms with van der Waals surface area (Å²) in [6, 6.07) is 5.63. The summed E-state index contributed by atoms with van der Waals surface area (Å²) in [6.07, 6.45) is 8.30. The van der Waals surface area contributed by atoms with E-state index in [2.05, 4.69) is 5.32 Å². The van der Waals surface area contributed by atoms with E-state index >= 15 is 0 Å². The lowest BCUT2D eigenvalue weighted by molar-refractivity contribution is -0.116. The van der Waals surface area contributed by atoms with Crippen LogP contribution in [0.1, 0.15) is 50.5 Å². The van der Waals surface area contributed by atoms with Gasteiger partial charge in [0.1, 0.15) is 0 Å². The SMILES string of the molecule is Cc1cc(NC(=O)CCC2CCCCC2)ccc1N. The molecule has 3 N–H and O–H groups in total. The molecular weight excluding hydrogens is 236 g/mol. The Morgan fingerprint density at radius 3 is 2.74 bits per heavy atom. The lowest BCUT2D eigenvalue weighted by Crippen LogP contribution is -2.15. The molecule has 0 radical (unpaired) electrons. The fourth-order valence-corrected chi connectivity index (χ4v) is 2.79. The number of hydrogen-bond donors (Lipinski definition) is 2. The number of nitrogens with two attached hydrogens (primary N) is 1. The van der Waals surface area contributed by atoms with Crippen molar-refractivity contribution in [2.75, 3.05) is 11.1 Å². The molecular formula is C16H24N2O. The number of amides is 1. The quantitative estimate of drug-likeness (QED) is 0.807.